The lowest BCUT2D eigenvalue weighted by Crippen LogP contribution is -2.24. The van der Waals surface area contributed by atoms with Crippen LogP contribution in [-0.2, 0) is 10.2 Å². The van der Waals surface area contributed by atoms with Gasteiger partial charge in [-0.2, -0.15) is 0 Å². The number of benzene rings is 2. The molecule has 0 aliphatic carbocycles. The van der Waals surface area contributed by atoms with Crippen molar-refractivity contribution in [3.05, 3.63) is 87.7 Å². The molecule has 0 aliphatic heterocycles. The molecule has 0 spiro atoms. The Labute approximate surface area is 179 Å². The van der Waals surface area contributed by atoms with Gasteiger partial charge in [-0.1, -0.05) is 45.0 Å². The number of furan rings is 1. The molecule has 1 atom stereocenters. The van der Waals surface area contributed by atoms with Crippen molar-refractivity contribution in [3.63, 3.8) is 0 Å². The van der Waals surface area contributed by atoms with E-state index in [4.69, 9.17) is 9.15 Å². The Kier molecular flexibility index (Phi) is 6.06. The van der Waals surface area contributed by atoms with Gasteiger partial charge in [0, 0.05) is 23.3 Å². The number of esters is 1. The molecule has 0 amide bonds. The van der Waals surface area contributed by atoms with Crippen LogP contribution in [-0.4, -0.2) is 22.8 Å². The third-order valence-corrected chi connectivity index (χ3v) is 4.86. The van der Waals surface area contributed by atoms with Gasteiger partial charge >= 0.3 is 5.97 Å². The third-order valence-electron chi connectivity index (χ3n) is 4.86. The first-order chi connectivity index (χ1) is 14.6. The van der Waals surface area contributed by atoms with Crippen LogP contribution in [0.5, 0.6) is 0 Å². The van der Waals surface area contributed by atoms with E-state index in [1.54, 1.807) is 18.2 Å². The van der Waals surface area contributed by atoms with Crippen molar-refractivity contribution in [1.82, 2.24) is 0 Å². The number of ether oxygens (including phenoxy) is 1. The average Bonchev–Trinajstić information content (AvgIpc) is 3.23. The maximum Gasteiger partial charge on any atom is 0.374 e. The van der Waals surface area contributed by atoms with E-state index in [9.17, 15) is 19.7 Å². The summed E-state index contributed by atoms with van der Waals surface area (Å²) >= 11 is 0. The van der Waals surface area contributed by atoms with Crippen molar-refractivity contribution < 1.29 is 23.7 Å². The highest BCUT2D eigenvalue weighted by Crippen LogP contribution is 2.26. The molecule has 0 radical (unpaired) electrons. The zero-order valence-electron chi connectivity index (χ0n) is 17.7. The predicted octanol–water partition coefficient (Wildman–Crippen LogP) is 5.58. The lowest BCUT2D eigenvalue weighted by atomic mass is 9.86. The molecule has 0 saturated heterocycles. The van der Waals surface area contributed by atoms with Gasteiger partial charge in [-0.3, -0.25) is 14.9 Å². The van der Waals surface area contributed by atoms with Crippen molar-refractivity contribution in [2.45, 2.75) is 39.2 Å². The Morgan fingerprint density at radius 2 is 1.58 bits per heavy atom. The number of carbonyl (C=O) groups excluding carboxylic acids is 2. The van der Waals surface area contributed by atoms with E-state index < -0.39 is 17.0 Å². The van der Waals surface area contributed by atoms with Crippen molar-refractivity contribution >= 4 is 17.4 Å². The number of Topliss-reactive ketones (excluding diaryl/α,β-unsaturated/α-hetero) is 1. The number of nitro groups is 1. The Hall–Kier alpha value is -3.74. The number of non-ortho nitro benzene ring substituents is 1. The van der Waals surface area contributed by atoms with Crippen LogP contribution in [0.3, 0.4) is 0 Å². The lowest BCUT2D eigenvalue weighted by Gasteiger charge is -2.19. The predicted molar refractivity (Wildman–Crippen MR) is 115 cm³/mol. The lowest BCUT2D eigenvalue weighted by molar-refractivity contribution is -0.384. The van der Waals surface area contributed by atoms with E-state index >= 15 is 0 Å². The summed E-state index contributed by atoms with van der Waals surface area (Å²) in [5.41, 5.74) is 2.06. The van der Waals surface area contributed by atoms with Gasteiger partial charge in [-0.15, -0.1) is 0 Å². The van der Waals surface area contributed by atoms with Crippen LogP contribution in [0.2, 0.25) is 0 Å². The zero-order valence-corrected chi connectivity index (χ0v) is 17.7. The molecular weight excluding hydrogens is 398 g/mol. The van der Waals surface area contributed by atoms with Gasteiger partial charge in [0.15, 0.2) is 6.10 Å². The van der Waals surface area contributed by atoms with Crippen molar-refractivity contribution in [3.8, 4) is 11.3 Å². The zero-order chi connectivity index (χ0) is 22.8. The number of nitro benzene ring substituents is 1. The van der Waals surface area contributed by atoms with Gasteiger partial charge in [0.05, 0.1) is 4.92 Å². The van der Waals surface area contributed by atoms with E-state index in [0.29, 0.717) is 16.9 Å². The van der Waals surface area contributed by atoms with E-state index in [1.165, 1.54) is 37.3 Å². The molecule has 7 nitrogen and oxygen atoms in total. The van der Waals surface area contributed by atoms with Gasteiger partial charge in [0.1, 0.15) is 5.76 Å². The monoisotopic (exact) mass is 421 g/mol. The second kappa shape index (κ2) is 8.55. The summed E-state index contributed by atoms with van der Waals surface area (Å²) in [5.74, 6) is -0.772. The number of hydrogen-bond donors (Lipinski definition) is 0. The molecule has 7 heteroatoms. The maximum absolute atomic E-state index is 12.6. The van der Waals surface area contributed by atoms with Crippen LogP contribution < -0.4 is 0 Å². The Balaban J connectivity index is 1.67. The molecule has 160 valence electrons. The number of rotatable bonds is 6. The first-order valence-corrected chi connectivity index (χ1v) is 9.76. The number of ketones is 1. The number of nitrogens with zero attached hydrogens (tertiary/aromatic N) is 1. The van der Waals surface area contributed by atoms with Crippen molar-refractivity contribution in [1.29, 1.82) is 0 Å². The molecule has 0 unspecified atom stereocenters. The topological polar surface area (TPSA) is 99.7 Å². The largest absolute Gasteiger partial charge is 0.449 e. The normalized spacial score (nSPS) is 12.3. The van der Waals surface area contributed by atoms with E-state index in [-0.39, 0.29) is 22.6 Å². The molecule has 0 fully saturated rings. The molecule has 0 N–H and O–H groups in total. The van der Waals surface area contributed by atoms with Gasteiger partial charge < -0.3 is 9.15 Å². The summed E-state index contributed by atoms with van der Waals surface area (Å²) in [7, 11) is 0. The van der Waals surface area contributed by atoms with Crippen molar-refractivity contribution in [2.75, 3.05) is 0 Å². The third kappa shape index (κ3) is 5.06. The van der Waals surface area contributed by atoms with Crippen LogP contribution in [0.15, 0.2) is 65.1 Å². The van der Waals surface area contributed by atoms with Gasteiger partial charge in [0.2, 0.25) is 11.5 Å². The highest BCUT2D eigenvalue weighted by atomic mass is 16.6. The fourth-order valence-electron chi connectivity index (χ4n) is 2.99. The minimum atomic E-state index is -0.985. The fourth-order valence-corrected chi connectivity index (χ4v) is 2.99. The summed E-state index contributed by atoms with van der Waals surface area (Å²) in [4.78, 5) is 35.3. The summed E-state index contributed by atoms with van der Waals surface area (Å²) in [6, 6.07) is 16.0. The molecule has 31 heavy (non-hydrogen) atoms. The first kappa shape index (κ1) is 22.0. The Bertz CT molecular complexity index is 1100. The van der Waals surface area contributed by atoms with Crippen LogP contribution in [0.25, 0.3) is 11.3 Å². The highest BCUT2D eigenvalue weighted by molar-refractivity contribution is 6.01. The SMILES string of the molecule is C[C@H](OC(=O)c1ccc(-c2ccc([N+](=O)[O-])cc2)o1)C(=O)c1ccc(C(C)(C)C)cc1. The summed E-state index contributed by atoms with van der Waals surface area (Å²) in [6.45, 7) is 7.77. The van der Waals surface area contributed by atoms with Crippen LogP contribution >= 0.6 is 0 Å². The fraction of sp³-hybridized carbons (Fsp3) is 0.250. The molecular formula is C24H23NO6. The van der Waals surface area contributed by atoms with E-state index in [0.717, 1.165) is 5.56 Å². The molecule has 0 bridgehead atoms. The smallest absolute Gasteiger partial charge is 0.374 e. The van der Waals surface area contributed by atoms with Gasteiger partial charge in [-0.05, 0) is 42.2 Å². The molecule has 1 heterocycles. The van der Waals surface area contributed by atoms with Crippen LogP contribution in [0.1, 0.15) is 54.2 Å². The molecule has 3 rings (SSSR count). The standard InChI is InChI=1S/C24H23NO6/c1-15(22(26)17-5-9-18(10-6-17)24(2,3)4)30-23(27)21-14-13-20(31-21)16-7-11-19(12-8-16)25(28)29/h5-15H,1-4H3/t15-/m0/s1. The molecule has 1 aromatic heterocycles. The van der Waals surface area contributed by atoms with E-state index in [1.807, 2.05) is 12.1 Å². The van der Waals surface area contributed by atoms with Crippen LogP contribution in [0, 0.1) is 10.1 Å². The Morgan fingerprint density at radius 3 is 2.13 bits per heavy atom. The summed E-state index contributed by atoms with van der Waals surface area (Å²) < 4.78 is 10.8. The highest BCUT2D eigenvalue weighted by Gasteiger charge is 2.23. The molecule has 0 aliphatic rings. The van der Waals surface area contributed by atoms with Gasteiger partial charge in [0.25, 0.3) is 5.69 Å². The van der Waals surface area contributed by atoms with Crippen LogP contribution in [0.4, 0.5) is 5.69 Å². The maximum atomic E-state index is 12.6. The van der Waals surface area contributed by atoms with Crippen molar-refractivity contribution in [2.24, 2.45) is 0 Å². The first-order valence-electron chi connectivity index (χ1n) is 9.76. The second-order valence-electron chi connectivity index (χ2n) is 8.21. The second-order valence-corrected chi connectivity index (χ2v) is 8.21. The summed E-state index contributed by atoms with van der Waals surface area (Å²) in [5, 5.41) is 10.8. The summed E-state index contributed by atoms with van der Waals surface area (Å²) in [6.07, 6.45) is -0.985. The van der Waals surface area contributed by atoms with Gasteiger partial charge in [-0.25, -0.2) is 4.79 Å². The number of hydrogen-bond acceptors (Lipinski definition) is 6. The minimum absolute atomic E-state index is 0.0275. The minimum Gasteiger partial charge on any atom is -0.449 e. The molecule has 2 aromatic carbocycles. The molecule has 0 saturated carbocycles. The number of carbonyl (C=O) groups is 2. The average molecular weight is 421 g/mol. The molecule has 3 aromatic rings. The Morgan fingerprint density at radius 1 is 0.968 bits per heavy atom. The van der Waals surface area contributed by atoms with E-state index in [2.05, 4.69) is 20.8 Å². The quantitative estimate of drug-likeness (QED) is 0.223.